The van der Waals surface area contributed by atoms with E-state index in [4.69, 9.17) is 10.00 Å². The monoisotopic (exact) mass is 335 g/mol. The topological polar surface area (TPSA) is 56.6 Å². The lowest BCUT2D eigenvalue weighted by Gasteiger charge is -2.34. The standard InChI is InChI=1S/C20H21N3O2/c21-14-18-8-4-5-9-19(18)25-16-20(24)23-12-10-22(11-13-23)15-17-6-2-1-3-7-17/h1-9H,10-13,15-16H2. The summed E-state index contributed by atoms with van der Waals surface area (Å²) in [5.41, 5.74) is 1.74. The number of nitrogens with zero attached hydrogens (tertiary/aromatic N) is 3. The van der Waals surface area contributed by atoms with Crippen molar-refractivity contribution in [3.05, 3.63) is 65.7 Å². The molecule has 128 valence electrons. The lowest BCUT2D eigenvalue weighted by Crippen LogP contribution is -2.49. The molecule has 1 aliphatic rings. The van der Waals surface area contributed by atoms with E-state index in [9.17, 15) is 4.79 Å². The van der Waals surface area contributed by atoms with Crippen LogP contribution in [0.4, 0.5) is 0 Å². The number of hydrogen-bond donors (Lipinski definition) is 0. The van der Waals surface area contributed by atoms with Gasteiger partial charge in [0, 0.05) is 32.7 Å². The molecule has 1 fully saturated rings. The molecule has 3 rings (SSSR count). The molecule has 1 heterocycles. The zero-order valence-corrected chi connectivity index (χ0v) is 14.1. The van der Waals surface area contributed by atoms with Crippen LogP contribution < -0.4 is 4.74 Å². The second-order valence-electron chi connectivity index (χ2n) is 6.04. The molecule has 0 atom stereocenters. The molecule has 0 saturated carbocycles. The lowest BCUT2D eigenvalue weighted by atomic mass is 10.2. The summed E-state index contributed by atoms with van der Waals surface area (Å²) >= 11 is 0. The average Bonchev–Trinajstić information content (AvgIpc) is 2.67. The Morgan fingerprint density at radius 2 is 1.68 bits per heavy atom. The minimum Gasteiger partial charge on any atom is -0.482 e. The predicted molar refractivity (Wildman–Crippen MR) is 95.0 cm³/mol. The van der Waals surface area contributed by atoms with Crippen LogP contribution in [-0.2, 0) is 11.3 Å². The van der Waals surface area contributed by atoms with Crippen molar-refractivity contribution in [1.82, 2.24) is 9.80 Å². The number of carbonyl (C=O) groups is 1. The van der Waals surface area contributed by atoms with E-state index in [1.807, 2.05) is 23.1 Å². The van der Waals surface area contributed by atoms with Crippen molar-refractivity contribution in [1.29, 1.82) is 5.26 Å². The highest BCUT2D eigenvalue weighted by atomic mass is 16.5. The molecule has 0 N–H and O–H groups in total. The largest absolute Gasteiger partial charge is 0.482 e. The SMILES string of the molecule is N#Cc1ccccc1OCC(=O)N1CCN(Cc2ccccc2)CC1. The van der Waals surface area contributed by atoms with Gasteiger partial charge in [0.25, 0.3) is 5.91 Å². The van der Waals surface area contributed by atoms with Crippen molar-refractivity contribution in [3.63, 3.8) is 0 Å². The van der Waals surface area contributed by atoms with E-state index in [1.54, 1.807) is 24.3 Å². The first-order chi connectivity index (χ1) is 12.3. The number of carbonyl (C=O) groups excluding carboxylic acids is 1. The summed E-state index contributed by atoms with van der Waals surface area (Å²) in [5.74, 6) is 0.424. The van der Waals surface area contributed by atoms with Crippen molar-refractivity contribution in [2.45, 2.75) is 6.54 Å². The van der Waals surface area contributed by atoms with Crippen molar-refractivity contribution in [2.24, 2.45) is 0 Å². The summed E-state index contributed by atoms with van der Waals surface area (Å²) in [6.45, 7) is 4.00. The van der Waals surface area contributed by atoms with E-state index in [-0.39, 0.29) is 12.5 Å². The molecule has 0 bridgehead atoms. The predicted octanol–water partition coefficient (Wildman–Crippen LogP) is 2.28. The number of benzene rings is 2. The van der Waals surface area contributed by atoms with E-state index >= 15 is 0 Å². The van der Waals surface area contributed by atoms with Gasteiger partial charge in [0.1, 0.15) is 11.8 Å². The lowest BCUT2D eigenvalue weighted by molar-refractivity contribution is -0.135. The van der Waals surface area contributed by atoms with E-state index in [0.717, 1.165) is 19.6 Å². The van der Waals surface area contributed by atoms with Gasteiger partial charge in [-0.1, -0.05) is 42.5 Å². The van der Waals surface area contributed by atoms with Crippen LogP contribution in [0.15, 0.2) is 54.6 Å². The Bertz CT molecular complexity index is 747. The van der Waals surface area contributed by atoms with Crippen LogP contribution in [-0.4, -0.2) is 48.5 Å². The Labute approximate surface area is 148 Å². The third-order valence-electron chi connectivity index (χ3n) is 4.33. The first-order valence-electron chi connectivity index (χ1n) is 8.42. The highest BCUT2D eigenvalue weighted by Gasteiger charge is 2.21. The van der Waals surface area contributed by atoms with E-state index in [1.165, 1.54) is 5.56 Å². The molecule has 0 aliphatic carbocycles. The molecule has 2 aromatic rings. The quantitative estimate of drug-likeness (QED) is 0.841. The van der Waals surface area contributed by atoms with Crippen molar-refractivity contribution in [3.8, 4) is 11.8 Å². The summed E-state index contributed by atoms with van der Waals surface area (Å²) in [6.07, 6.45) is 0. The zero-order valence-electron chi connectivity index (χ0n) is 14.1. The van der Waals surface area contributed by atoms with Crippen LogP contribution in [0.1, 0.15) is 11.1 Å². The molecule has 0 spiro atoms. The van der Waals surface area contributed by atoms with Crippen molar-refractivity contribution < 1.29 is 9.53 Å². The fourth-order valence-corrected chi connectivity index (χ4v) is 2.91. The summed E-state index contributed by atoms with van der Waals surface area (Å²) in [6, 6.07) is 19.4. The van der Waals surface area contributed by atoms with Crippen LogP contribution in [0, 0.1) is 11.3 Å². The first kappa shape index (κ1) is 17.0. The first-order valence-corrected chi connectivity index (χ1v) is 8.42. The number of amides is 1. The van der Waals surface area contributed by atoms with Crippen LogP contribution in [0.5, 0.6) is 5.75 Å². The number of para-hydroxylation sites is 1. The van der Waals surface area contributed by atoms with Gasteiger partial charge in [-0.2, -0.15) is 5.26 Å². The second kappa shape index (κ2) is 8.32. The number of nitriles is 1. The Hall–Kier alpha value is -2.84. The molecule has 0 aromatic heterocycles. The minimum atomic E-state index is -0.0351. The van der Waals surface area contributed by atoms with Gasteiger partial charge < -0.3 is 9.64 Å². The van der Waals surface area contributed by atoms with Crippen LogP contribution in [0.3, 0.4) is 0 Å². The molecule has 1 saturated heterocycles. The Kier molecular flexibility index (Phi) is 5.65. The smallest absolute Gasteiger partial charge is 0.260 e. The molecular formula is C20H21N3O2. The van der Waals surface area contributed by atoms with Gasteiger partial charge in [-0.25, -0.2) is 0 Å². The molecule has 25 heavy (non-hydrogen) atoms. The van der Waals surface area contributed by atoms with E-state index in [0.29, 0.717) is 24.4 Å². The Morgan fingerprint density at radius 3 is 2.40 bits per heavy atom. The molecule has 5 nitrogen and oxygen atoms in total. The maximum atomic E-state index is 12.3. The summed E-state index contributed by atoms with van der Waals surface area (Å²) in [4.78, 5) is 16.5. The Balaban J connectivity index is 1.46. The zero-order chi connectivity index (χ0) is 17.5. The van der Waals surface area contributed by atoms with E-state index < -0.39 is 0 Å². The molecule has 0 unspecified atom stereocenters. The highest BCUT2D eigenvalue weighted by molar-refractivity contribution is 5.78. The molecular weight excluding hydrogens is 314 g/mol. The van der Waals surface area contributed by atoms with Crippen LogP contribution in [0.2, 0.25) is 0 Å². The average molecular weight is 335 g/mol. The second-order valence-corrected chi connectivity index (χ2v) is 6.04. The maximum absolute atomic E-state index is 12.3. The van der Waals surface area contributed by atoms with Gasteiger partial charge in [-0.3, -0.25) is 9.69 Å². The third kappa shape index (κ3) is 4.59. The summed E-state index contributed by atoms with van der Waals surface area (Å²) in [5, 5.41) is 9.05. The normalized spacial score (nSPS) is 14.8. The Morgan fingerprint density at radius 1 is 1.00 bits per heavy atom. The van der Waals surface area contributed by atoms with Gasteiger partial charge in [-0.15, -0.1) is 0 Å². The number of hydrogen-bond acceptors (Lipinski definition) is 4. The molecule has 1 aliphatic heterocycles. The maximum Gasteiger partial charge on any atom is 0.260 e. The fourth-order valence-electron chi connectivity index (χ4n) is 2.91. The van der Waals surface area contributed by atoms with Gasteiger partial charge >= 0.3 is 0 Å². The van der Waals surface area contributed by atoms with E-state index in [2.05, 4.69) is 23.1 Å². The highest BCUT2D eigenvalue weighted by Crippen LogP contribution is 2.16. The molecule has 5 heteroatoms. The van der Waals surface area contributed by atoms with Gasteiger partial charge in [-0.05, 0) is 17.7 Å². The van der Waals surface area contributed by atoms with Gasteiger partial charge in [0.2, 0.25) is 0 Å². The molecule has 1 amide bonds. The van der Waals surface area contributed by atoms with Crippen molar-refractivity contribution in [2.75, 3.05) is 32.8 Å². The third-order valence-corrected chi connectivity index (χ3v) is 4.33. The number of rotatable bonds is 5. The fraction of sp³-hybridized carbons (Fsp3) is 0.300. The minimum absolute atomic E-state index is 0.0304. The van der Waals surface area contributed by atoms with Gasteiger partial charge in [0.05, 0.1) is 5.56 Å². The number of ether oxygens (including phenoxy) is 1. The molecule has 2 aromatic carbocycles. The molecule has 0 radical (unpaired) electrons. The van der Waals surface area contributed by atoms with Crippen LogP contribution in [0.25, 0.3) is 0 Å². The summed E-state index contributed by atoms with van der Waals surface area (Å²) in [7, 11) is 0. The van der Waals surface area contributed by atoms with Crippen molar-refractivity contribution >= 4 is 5.91 Å². The van der Waals surface area contributed by atoms with Crippen LogP contribution >= 0.6 is 0 Å². The summed E-state index contributed by atoms with van der Waals surface area (Å²) < 4.78 is 5.54. The van der Waals surface area contributed by atoms with Gasteiger partial charge in [0.15, 0.2) is 6.61 Å². The number of piperazine rings is 1.